The number of alkyl halides is 3. The van der Waals surface area contributed by atoms with Crippen molar-refractivity contribution >= 4 is 17.8 Å². The van der Waals surface area contributed by atoms with E-state index >= 15 is 0 Å². The van der Waals surface area contributed by atoms with Crippen molar-refractivity contribution in [2.24, 2.45) is 5.92 Å². The van der Waals surface area contributed by atoms with E-state index in [0.29, 0.717) is 30.2 Å². The third kappa shape index (κ3) is 5.85. The topological polar surface area (TPSA) is 95.4 Å². The number of nitrogens with one attached hydrogen (secondary N) is 1. The van der Waals surface area contributed by atoms with Crippen LogP contribution in [0.1, 0.15) is 32.1 Å². The predicted molar refractivity (Wildman–Crippen MR) is 86.3 cm³/mol. The van der Waals surface area contributed by atoms with Gasteiger partial charge >= 0.3 is 12.1 Å². The molecule has 1 aliphatic heterocycles. The lowest BCUT2D eigenvalue weighted by atomic mass is 10.1. The molecule has 3 rings (SSSR count). The van der Waals surface area contributed by atoms with Gasteiger partial charge in [-0.1, -0.05) is 12.8 Å². The van der Waals surface area contributed by atoms with Crippen LogP contribution in [0.15, 0.2) is 18.5 Å². The zero-order valence-electron chi connectivity index (χ0n) is 14.1. The third-order valence-electron chi connectivity index (χ3n) is 4.36. The molecule has 7 nitrogen and oxygen atoms in total. The normalized spacial score (nSPS) is 20.7. The second kappa shape index (κ2) is 8.81. The lowest BCUT2D eigenvalue weighted by Gasteiger charge is -2.24. The molecule has 2 fully saturated rings. The lowest BCUT2D eigenvalue weighted by Crippen LogP contribution is -2.34. The van der Waals surface area contributed by atoms with Crippen molar-refractivity contribution in [2.45, 2.75) is 44.3 Å². The smallest absolute Gasteiger partial charge is 0.475 e. The van der Waals surface area contributed by atoms with Crippen molar-refractivity contribution in [1.82, 2.24) is 14.9 Å². The highest BCUT2D eigenvalue weighted by atomic mass is 19.4. The zero-order chi connectivity index (χ0) is 19.2. The van der Waals surface area contributed by atoms with E-state index in [4.69, 9.17) is 9.90 Å². The lowest BCUT2D eigenvalue weighted by molar-refractivity contribution is -0.192. The van der Waals surface area contributed by atoms with Crippen molar-refractivity contribution in [1.29, 1.82) is 0 Å². The Morgan fingerprint density at radius 3 is 2.38 bits per heavy atom. The summed E-state index contributed by atoms with van der Waals surface area (Å²) < 4.78 is 31.7. The summed E-state index contributed by atoms with van der Waals surface area (Å²) in [6, 6.07) is 2.30. The highest BCUT2D eigenvalue weighted by Gasteiger charge is 2.38. The minimum Gasteiger partial charge on any atom is -0.475 e. The van der Waals surface area contributed by atoms with Gasteiger partial charge in [0.1, 0.15) is 0 Å². The van der Waals surface area contributed by atoms with Crippen molar-refractivity contribution < 1.29 is 27.9 Å². The van der Waals surface area contributed by atoms with E-state index in [9.17, 15) is 18.0 Å². The van der Waals surface area contributed by atoms with Gasteiger partial charge in [0.05, 0.1) is 0 Å². The minimum atomic E-state index is -5.08. The van der Waals surface area contributed by atoms with Gasteiger partial charge in [-0.3, -0.25) is 4.79 Å². The van der Waals surface area contributed by atoms with Crippen LogP contribution in [0.25, 0.3) is 0 Å². The third-order valence-corrected chi connectivity index (χ3v) is 4.36. The summed E-state index contributed by atoms with van der Waals surface area (Å²) in [5.74, 6) is -1.40. The fourth-order valence-corrected chi connectivity index (χ4v) is 3.14. The number of anilines is 1. The molecule has 2 N–H and O–H groups in total. The molecule has 1 amide bonds. The number of hydrogen-bond donors (Lipinski definition) is 2. The van der Waals surface area contributed by atoms with Crippen LogP contribution in [-0.2, 0) is 9.59 Å². The fourth-order valence-electron chi connectivity index (χ4n) is 3.14. The van der Waals surface area contributed by atoms with Gasteiger partial charge in [-0.25, -0.2) is 14.8 Å². The van der Waals surface area contributed by atoms with Gasteiger partial charge in [-0.2, -0.15) is 13.2 Å². The summed E-state index contributed by atoms with van der Waals surface area (Å²) in [4.78, 5) is 31.3. The van der Waals surface area contributed by atoms with Crippen molar-refractivity contribution in [3.05, 3.63) is 18.5 Å². The number of nitrogens with zero attached hydrogens (tertiary/aromatic N) is 3. The molecule has 144 valence electrons. The number of carboxylic acids is 1. The molecule has 1 aromatic heterocycles. The highest BCUT2D eigenvalue weighted by molar-refractivity contribution is 5.79. The van der Waals surface area contributed by atoms with Crippen LogP contribution in [0.2, 0.25) is 0 Å². The number of halogens is 3. The second-order valence-electron chi connectivity index (χ2n) is 6.31. The predicted octanol–water partition coefficient (Wildman–Crippen LogP) is 2.31. The zero-order valence-corrected chi connectivity index (χ0v) is 14.1. The first-order valence-corrected chi connectivity index (χ1v) is 8.38. The van der Waals surface area contributed by atoms with E-state index in [1.165, 1.54) is 25.7 Å². The Morgan fingerprint density at radius 2 is 1.85 bits per heavy atom. The molecule has 0 bridgehead atoms. The van der Waals surface area contributed by atoms with Crippen LogP contribution < -0.4 is 5.32 Å². The van der Waals surface area contributed by atoms with Gasteiger partial charge in [0.25, 0.3) is 0 Å². The number of carbonyl (C=O) groups is 2. The molecule has 1 atom stereocenters. The van der Waals surface area contributed by atoms with E-state index in [-0.39, 0.29) is 0 Å². The molecule has 1 saturated carbocycles. The van der Waals surface area contributed by atoms with Crippen LogP contribution in [0.4, 0.5) is 19.1 Å². The molecule has 10 heteroatoms. The van der Waals surface area contributed by atoms with Crippen molar-refractivity contribution in [3.8, 4) is 0 Å². The average molecular weight is 374 g/mol. The maximum atomic E-state index is 12.0. The first kappa shape index (κ1) is 19.9. The number of carbonyl (C=O) groups excluding carboxylic acids is 1. The summed E-state index contributed by atoms with van der Waals surface area (Å²) >= 11 is 0. The maximum Gasteiger partial charge on any atom is 0.490 e. The number of aliphatic carboxylic acids is 1. The van der Waals surface area contributed by atoms with Gasteiger partial charge in [0, 0.05) is 43.9 Å². The van der Waals surface area contributed by atoms with Crippen LogP contribution in [0.5, 0.6) is 0 Å². The number of rotatable bonds is 4. The van der Waals surface area contributed by atoms with E-state index < -0.39 is 12.1 Å². The molecule has 26 heavy (non-hydrogen) atoms. The SMILES string of the molecule is O=C(O)C(F)(F)F.O=C1CC(CNc2ncccn2)CN1C1CCCC1. The molecule has 0 aromatic carbocycles. The summed E-state index contributed by atoms with van der Waals surface area (Å²) in [5.41, 5.74) is 0. The first-order valence-electron chi connectivity index (χ1n) is 8.38. The highest BCUT2D eigenvalue weighted by Crippen LogP contribution is 2.29. The van der Waals surface area contributed by atoms with Crippen LogP contribution in [0, 0.1) is 5.92 Å². The van der Waals surface area contributed by atoms with E-state index in [0.717, 1.165) is 13.1 Å². The molecular formula is C16H21F3N4O3. The average Bonchev–Trinajstić information content (AvgIpc) is 3.23. The molecule has 1 aromatic rings. The standard InChI is InChI=1S/C14H20N4O.C2HF3O2/c19-13-8-11(9-17-14-15-6-3-7-16-14)10-18(13)12-4-1-2-5-12;3-2(4,5)1(6)7/h3,6-7,11-12H,1-2,4-5,8-10H2,(H,15,16,17);(H,6,7). The molecule has 0 radical (unpaired) electrons. The van der Waals surface area contributed by atoms with Gasteiger partial charge in [0.2, 0.25) is 11.9 Å². The Hall–Kier alpha value is -2.39. The minimum absolute atomic E-state index is 0.327. The molecular weight excluding hydrogens is 353 g/mol. The Bertz CT molecular complexity index is 607. The van der Waals surface area contributed by atoms with Crippen LogP contribution in [0.3, 0.4) is 0 Å². The summed E-state index contributed by atoms with van der Waals surface area (Å²) in [6.07, 6.45) is 3.95. The van der Waals surface area contributed by atoms with Crippen LogP contribution in [-0.4, -0.2) is 57.2 Å². The summed E-state index contributed by atoms with van der Waals surface area (Å²) in [5, 5.41) is 10.3. The number of hydrogen-bond acceptors (Lipinski definition) is 5. The largest absolute Gasteiger partial charge is 0.490 e. The van der Waals surface area contributed by atoms with Gasteiger partial charge in [-0.05, 0) is 18.9 Å². The summed E-state index contributed by atoms with van der Waals surface area (Å²) in [7, 11) is 0. The number of carboxylic acid groups (broad SMARTS) is 1. The molecule has 2 heterocycles. The summed E-state index contributed by atoms with van der Waals surface area (Å²) in [6.45, 7) is 1.67. The first-order chi connectivity index (χ1) is 12.3. The quantitative estimate of drug-likeness (QED) is 0.840. The Morgan fingerprint density at radius 1 is 1.27 bits per heavy atom. The van der Waals surface area contributed by atoms with E-state index in [1.807, 2.05) is 0 Å². The molecule has 1 aliphatic carbocycles. The molecule has 1 unspecified atom stereocenters. The van der Waals surface area contributed by atoms with Crippen molar-refractivity contribution in [3.63, 3.8) is 0 Å². The number of likely N-dealkylation sites (tertiary alicyclic amines) is 1. The van der Waals surface area contributed by atoms with Gasteiger partial charge < -0.3 is 15.3 Å². The Labute approximate surface area is 148 Å². The Balaban J connectivity index is 0.000000298. The van der Waals surface area contributed by atoms with E-state index in [2.05, 4.69) is 20.2 Å². The van der Waals surface area contributed by atoms with Crippen LogP contribution >= 0.6 is 0 Å². The molecule has 1 saturated heterocycles. The number of aromatic nitrogens is 2. The molecule has 0 spiro atoms. The molecule has 2 aliphatic rings. The second-order valence-corrected chi connectivity index (χ2v) is 6.31. The Kier molecular flexibility index (Phi) is 6.76. The fraction of sp³-hybridized carbons (Fsp3) is 0.625. The van der Waals surface area contributed by atoms with E-state index in [1.54, 1.807) is 18.5 Å². The van der Waals surface area contributed by atoms with Crippen molar-refractivity contribution in [2.75, 3.05) is 18.4 Å². The maximum absolute atomic E-state index is 12.0. The monoisotopic (exact) mass is 374 g/mol. The van der Waals surface area contributed by atoms with Gasteiger partial charge in [-0.15, -0.1) is 0 Å². The van der Waals surface area contributed by atoms with Gasteiger partial charge in [0.15, 0.2) is 0 Å². The number of amides is 1.